The van der Waals surface area contributed by atoms with Crippen LogP contribution in [0.3, 0.4) is 0 Å². The fourth-order valence-electron chi connectivity index (χ4n) is 1.81. The van der Waals surface area contributed by atoms with Crippen LogP contribution in [-0.2, 0) is 9.59 Å². The lowest BCUT2D eigenvalue weighted by Crippen LogP contribution is -2.37. The maximum absolute atomic E-state index is 10.7. The van der Waals surface area contributed by atoms with E-state index < -0.39 is 12.0 Å². The van der Waals surface area contributed by atoms with Gasteiger partial charge < -0.3 is 10.4 Å². The molecular weight excluding hydrogens is 262 g/mol. The number of carboxylic acids is 1. The molecule has 1 unspecified atom stereocenters. The van der Waals surface area contributed by atoms with Crippen LogP contribution in [0.2, 0.25) is 0 Å². The second-order valence-corrected chi connectivity index (χ2v) is 5.87. The molecule has 0 aliphatic rings. The van der Waals surface area contributed by atoms with Crippen molar-refractivity contribution in [1.82, 2.24) is 5.32 Å². The van der Waals surface area contributed by atoms with Gasteiger partial charge in [-0.3, -0.25) is 4.79 Å². The maximum atomic E-state index is 10.7. The molecule has 2 N–H and O–H groups in total. The highest BCUT2D eigenvalue weighted by atomic mass is 32.2. The van der Waals surface area contributed by atoms with Crippen LogP contribution in [0.1, 0.15) is 58.3 Å². The Labute approximate surface area is 120 Å². The van der Waals surface area contributed by atoms with Gasteiger partial charge in [-0.05, 0) is 12.2 Å². The van der Waals surface area contributed by atoms with E-state index in [4.69, 9.17) is 5.11 Å². The van der Waals surface area contributed by atoms with Crippen LogP contribution >= 0.6 is 11.8 Å². The van der Waals surface area contributed by atoms with Gasteiger partial charge in [0, 0.05) is 5.75 Å². The zero-order valence-electron chi connectivity index (χ0n) is 11.9. The summed E-state index contributed by atoms with van der Waals surface area (Å²) in [5, 5.41) is 11.1. The Bertz CT molecular complexity index is 237. The van der Waals surface area contributed by atoms with Crippen molar-refractivity contribution in [2.75, 3.05) is 11.5 Å². The topological polar surface area (TPSA) is 66.4 Å². The molecule has 0 rings (SSSR count). The molecule has 4 nitrogen and oxygen atoms in total. The molecule has 0 aliphatic heterocycles. The first-order chi connectivity index (χ1) is 9.22. The molecule has 0 aromatic carbocycles. The number of carbonyl (C=O) groups excluding carboxylic acids is 1. The minimum Gasteiger partial charge on any atom is -0.480 e. The van der Waals surface area contributed by atoms with E-state index in [-0.39, 0.29) is 0 Å². The van der Waals surface area contributed by atoms with Crippen molar-refractivity contribution in [3.05, 3.63) is 0 Å². The van der Waals surface area contributed by atoms with Crippen LogP contribution in [0, 0.1) is 0 Å². The predicted molar refractivity (Wildman–Crippen MR) is 80.6 cm³/mol. The molecule has 0 heterocycles. The molecule has 0 aromatic heterocycles. The van der Waals surface area contributed by atoms with Gasteiger partial charge in [-0.1, -0.05) is 51.9 Å². The Hall–Kier alpha value is -0.710. The number of carboxylic acid groups (broad SMARTS) is 1. The minimum atomic E-state index is -0.962. The molecule has 0 saturated heterocycles. The highest BCUT2D eigenvalue weighted by molar-refractivity contribution is 7.99. The van der Waals surface area contributed by atoms with E-state index in [2.05, 4.69) is 12.2 Å². The Kier molecular flexibility index (Phi) is 13.2. The van der Waals surface area contributed by atoms with Gasteiger partial charge in [0.1, 0.15) is 6.04 Å². The molecule has 5 heteroatoms. The second-order valence-electron chi connectivity index (χ2n) is 4.73. The van der Waals surface area contributed by atoms with E-state index in [1.807, 2.05) is 0 Å². The van der Waals surface area contributed by atoms with Crippen LogP contribution in [0.5, 0.6) is 0 Å². The van der Waals surface area contributed by atoms with Crippen molar-refractivity contribution >= 4 is 24.1 Å². The lowest BCUT2D eigenvalue weighted by molar-refractivity contribution is -0.139. The number of carbonyl (C=O) groups is 2. The van der Waals surface area contributed by atoms with Gasteiger partial charge in [0.2, 0.25) is 6.41 Å². The number of nitrogens with one attached hydrogen (secondary N) is 1. The third-order valence-corrected chi connectivity index (χ3v) is 4.14. The highest BCUT2D eigenvalue weighted by Gasteiger charge is 2.15. The summed E-state index contributed by atoms with van der Waals surface area (Å²) in [7, 11) is 0. The molecule has 0 bridgehead atoms. The molecule has 0 radical (unpaired) electrons. The summed E-state index contributed by atoms with van der Waals surface area (Å²) < 4.78 is 0. The molecular formula is C14H27NO3S. The predicted octanol–water partition coefficient (Wildman–Crippen LogP) is 3.06. The number of thioether (sulfide) groups is 1. The van der Waals surface area contributed by atoms with Gasteiger partial charge in [-0.2, -0.15) is 11.8 Å². The van der Waals surface area contributed by atoms with E-state index in [1.54, 1.807) is 11.8 Å². The summed E-state index contributed by atoms with van der Waals surface area (Å²) in [5.41, 5.74) is 0. The SMILES string of the molecule is CCCCCCCCCCSCC(NC=O)C(=O)O. The van der Waals surface area contributed by atoms with Gasteiger partial charge in [0.05, 0.1) is 0 Å². The quantitative estimate of drug-likeness (QED) is 0.381. The Morgan fingerprint density at radius 2 is 1.74 bits per heavy atom. The first-order valence-corrected chi connectivity index (χ1v) is 8.38. The summed E-state index contributed by atoms with van der Waals surface area (Å²) in [5.74, 6) is 0.458. The molecule has 0 saturated carbocycles. The first-order valence-electron chi connectivity index (χ1n) is 7.22. The number of hydrogen-bond acceptors (Lipinski definition) is 3. The van der Waals surface area contributed by atoms with Crippen LogP contribution in [-0.4, -0.2) is 35.0 Å². The third-order valence-electron chi connectivity index (χ3n) is 2.99. The first kappa shape index (κ1) is 18.3. The average Bonchev–Trinajstić information content (AvgIpc) is 2.39. The molecule has 0 aliphatic carbocycles. The fourth-order valence-corrected chi connectivity index (χ4v) is 2.86. The summed E-state index contributed by atoms with van der Waals surface area (Å²) in [6.07, 6.45) is 10.7. The van der Waals surface area contributed by atoms with Crippen LogP contribution in [0.15, 0.2) is 0 Å². The van der Waals surface area contributed by atoms with Gasteiger partial charge in [0.25, 0.3) is 0 Å². The monoisotopic (exact) mass is 289 g/mol. The van der Waals surface area contributed by atoms with Gasteiger partial charge in [-0.25, -0.2) is 4.79 Å². The number of amides is 1. The van der Waals surface area contributed by atoms with Crippen molar-refractivity contribution in [2.45, 2.75) is 64.3 Å². The van der Waals surface area contributed by atoms with E-state index in [1.165, 1.54) is 44.9 Å². The number of aliphatic carboxylic acids is 1. The van der Waals surface area contributed by atoms with Crippen molar-refractivity contribution < 1.29 is 14.7 Å². The molecule has 0 aromatic rings. The van der Waals surface area contributed by atoms with Crippen molar-refractivity contribution in [2.24, 2.45) is 0 Å². The molecule has 19 heavy (non-hydrogen) atoms. The summed E-state index contributed by atoms with van der Waals surface area (Å²) in [6.45, 7) is 2.22. The van der Waals surface area contributed by atoms with E-state index in [0.717, 1.165) is 12.2 Å². The largest absolute Gasteiger partial charge is 0.480 e. The van der Waals surface area contributed by atoms with Gasteiger partial charge >= 0.3 is 5.97 Å². The van der Waals surface area contributed by atoms with Crippen molar-refractivity contribution in [3.63, 3.8) is 0 Å². The van der Waals surface area contributed by atoms with Crippen LogP contribution in [0.25, 0.3) is 0 Å². The molecule has 0 fully saturated rings. The summed E-state index contributed by atoms with van der Waals surface area (Å²) in [6, 6.07) is -0.753. The minimum absolute atomic E-state index is 0.449. The molecule has 1 amide bonds. The zero-order chi connectivity index (χ0) is 14.3. The van der Waals surface area contributed by atoms with Crippen molar-refractivity contribution in [1.29, 1.82) is 0 Å². The van der Waals surface area contributed by atoms with Gasteiger partial charge in [-0.15, -0.1) is 0 Å². The second kappa shape index (κ2) is 13.7. The fraction of sp³-hybridized carbons (Fsp3) is 0.857. The normalized spacial score (nSPS) is 12.1. The Morgan fingerprint density at radius 1 is 1.16 bits per heavy atom. The molecule has 1 atom stereocenters. The highest BCUT2D eigenvalue weighted by Crippen LogP contribution is 2.11. The maximum Gasteiger partial charge on any atom is 0.327 e. The van der Waals surface area contributed by atoms with E-state index >= 15 is 0 Å². The van der Waals surface area contributed by atoms with E-state index in [0.29, 0.717) is 12.2 Å². The smallest absolute Gasteiger partial charge is 0.327 e. The number of unbranched alkanes of at least 4 members (excludes halogenated alkanes) is 7. The Balaban J connectivity index is 3.29. The average molecular weight is 289 g/mol. The third kappa shape index (κ3) is 12.1. The van der Waals surface area contributed by atoms with E-state index in [9.17, 15) is 9.59 Å². The number of rotatable bonds is 14. The standard InChI is InChI=1S/C14H27NO3S/c1-2-3-4-5-6-7-8-9-10-19-11-13(14(17)18)15-12-16/h12-13H,2-11H2,1H3,(H,15,16)(H,17,18). The lowest BCUT2D eigenvalue weighted by Gasteiger charge is -2.10. The summed E-state index contributed by atoms with van der Waals surface area (Å²) >= 11 is 1.60. The van der Waals surface area contributed by atoms with Crippen LogP contribution in [0.4, 0.5) is 0 Å². The Morgan fingerprint density at radius 3 is 2.26 bits per heavy atom. The van der Waals surface area contributed by atoms with Gasteiger partial charge in [0.15, 0.2) is 0 Å². The lowest BCUT2D eigenvalue weighted by atomic mass is 10.1. The molecule has 0 spiro atoms. The zero-order valence-corrected chi connectivity index (χ0v) is 12.7. The van der Waals surface area contributed by atoms with Crippen molar-refractivity contribution in [3.8, 4) is 0 Å². The van der Waals surface area contributed by atoms with Crippen LogP contribution < -0.4 is 5.32 Å². The summed E-state index contributed by atoms with van der Waals surface area (Å²) in [4.78, 5) is 21.0. The molecule has 112 valence electrons. The number of hydrogen-bond donors (Lipinski definition) is 2.